The molecular formula is C29H26BrFNOP. The molecule has 1 heterocycles. The van der Waals surface area contributed by atoms with Crippen molar-refractivity contribution < 1.29 is 9.18 Å². The number of hydrogen-bond donors (Lipinski definition) is 0. The van der Waals surface area contributed by atoms with Crippen LogP contribution in [0, 0.1) is 5.82 Å². The second kappa shape index (κ2) is 9.09. The van der Waals surface area contributed by atoms with Crippen LogP contribution in [0.4, 0.5) is 4.39 Å². The molecule has 1 atom stereocenters. The van der Waals surface area contributed by atoms with E-state index in [2.05, 4.69) is 88.3 Å². The Morgan fingerprint density at radius 3 is 1.62 bits per heavy atom. The molecule has 1 fully saturated rings. The summed E-state index contributed by atoms with van der Waals surface area (Å²) in [4.78, 5) is 16.1. The van der Waals surface area contributed by atoms with E-state index >= 15 is 0 Å². The summed E-state index contributed by atoms with van der Waals surface area (Å²) in [5, 5.41) is 0.0525. The van der Waals surface area contributed by atoms with Crippen molar-refractivity contribution in [2.45, 2.75) is 18.6 Å². The molecule has 0 N–H and O–H groups in total. The minimum atomic E-state index is -3.39. The number of halogens is 2. The summed E-state index contributed by atoms with van der Waals surface area (Å²) in [6.07, 6.45) is 0.738. The Morgan fingerprint density at radius 1 is 0.735 bits per heavy atom. The van der Waals surface area contributed by atoms with Gasteiger partial charge in [0.25, 0.3) is 0 Å². The van der Waals surface area contributed by atoms with Crippen molar-refractivity contribution in [2.24, 2.45) is 0 Å². The van der Waals surface area contributed by atoms with Crippen LogP contribution in [0.5, 0.6) is 0 Å². The number of carbonyl (C=O) groups excluding carboxylic acids is 1. The monoisotopic (exact) mass is 533 g/mol. The number of hydrogen-bond acceptors (Lipinski definition) is 1. The van der Waals surface area contributed by atoms with Gasteiger partial charge in [0.2, 0.25) is 0 Å². The van der Waals surface area contributed by atoms with Gasteiger partial charge >= 0.3 is 209 Å². The molecule has 1 amide bonds. The molecule has 1 unspecified atom stereocenters. The number of benzene rings is 4. The molecular weight excluding hydrogens is 508 g/mol. The van der Waals surface area contributed by atoms with Gasteiger partial charge in [-0.2, -0.15) is 0 Å². The summed E-state index contributed by atoms with van der Waals surface area (Å²) in [6, 6.07) is 37.7. The van der Waals surface area contributed by atoms with Crippen LogP contribution in [0.25, 0.3) is 0 Å². The Kier molecular flexibility index (Phi) is 6.14. The summed E-state index contributed by atoms with van der Waals surface area (Å²) in [5.41, 5.74) is 0.683. The van der Waals surface area contributed by atoms with Crippen molar-refractivity contribution in [1.82, 2.24) is 4.90 Å². The van der Waals surface area contributed by atoms with Gasteiger partial charge in [-0.05, 0) is 0 Å². The zero-order valence-corrected chi connectivity index (χ0v) is 21.2. The molecule has 5 rings (SSSR count). The van der Waals surface area contributed by atoms with Crippen LogP contribution < -0.4 is 15.9 Å². The van der Waals surface area contributed by atoms with Crippen molar-refractivity contribution in [1.29, 1.82) is 0 Å². The van der Waals surface area contributed by atoms with Crippen molar-refractivity contribution in [3.05, 3.63) is 127 Å². The Balaban J connectivity index is 1.69. The Morgan fingerprint density at radius 2 is 1.18 bits per heavy atom. The minimum absolute atomic E-state index is 0.135. The van der Waals surface area contributed by atoms with Crippen LogP contribution in [-0.2, 0) is 11.3 Å². The molecule has 0 aliphatic carbocycles. The van der Waals surface area contributed by atoms with E-state index in [9.17, 15) is 9.18 Å². The first-order chi connectivity index (χ1) is 16.5. The summed E-state index contributed by atoms with van der Waals surface area (Å²) in [6.45, 7) is 1.14. The van der Waals surface area contributed by atoms with Crippen LogP contribution >= 0.6 is 20.8 Å². The van der Waals surface area contributed by atoms with E-state index in [1.165, 1.54) is 12.1 Å². The first-order valence-electron chi connectivity index (χ1n) is 11.5. The van der Waals surface area contributed by atoms with Crippen LogP contribution in [0.3, 0.4) is 0 Å². The van der Waals surface area contributed by atoms with E-state index in [0.29, 0.717) is 13.1 Å². The molecule has 0 aromatic heterocycles. The van der Waals surface area contributed by atoms with E-state index < -0.39 is 5.31 Å². The van der Waals surface area contributed by atoms with Crippen molar-refractivity contribution >= 4 is 42.6 Å². The van der Waals surface area contributed by atoms with Crippen LogP contribution in [0.1, 0.15) is 12.0 Å². The number of amides is 1. The zero-order chi connectivity index (χ0) is 23.6. The molecule has 34 heavy (non-hydrogen) atoms. The topological polar surface area (TPSA) is 20.3 Å². The molecule has 4 aromatic rings. The summed E-state index contributed by atoms with van der Waals surface area (Å²) < 4.78 is 13.4. The third-order valence-corrected chi connectivity index (χ3v) is 17.7. The molecule has 172 valence electrons. The summed E-state index contributed by atoms with van der Waals surface area (Å²) >= 11 is 4.44. The van der Waals surface area contributed by atoms with Crippen LogP contribution in [0.15, 0.2) is 115 Å². The third-order valence-electron chi connectivity index (χ3n) is 6.92. The first-order valence-corrected chi connectivity index (χ1v) is 15.8. The van der Waals surface area contributed by atoms with Gasteiger partial charge in [0, 0.05) is 0 Å². The zero-order valence-electron chi connectivity index (χ0n) is 18.7. The molecule has 1 aliphatic rings. The Hall–Kier alpha value is -2.81. The van der Waals surface area contributed by atoms with Gasteiger partial charge in [-0.1, -0.05) is 0 Å². The van der Waals surface area contributed by atoms with Gasteiger partial charge in [0.15, 0.2) is 0 Å². The van der Waals surface area contributed by atoms with E-state index in [4.69, 9.17) is 0 Å². The van der Waals surface area contributed by atoms with Crippen molar-refractivity contribution in [3.8, 4) is 0 Å². The quantitative estimate of drug-likeness (QED) is 0.288. The van der Waals surface area contributed by atoms with Crippen LogP contribution in [0.2, 0.25) is 0 Å². The second-order valence-corrected chi connectivity index (χ2v) is 17.5. The molecule has 2 nitrogen and oxygen atoms in total. The van der Waals surface area contributed by atoms with Crippen molar-refractivity contribution in [3.63, 3.8) is 0 Å². The number of carbonyl (C=O) groups is 1. The molecule has 0 spiro atoms. The van der Waals surface area contributed by atoms with E-state index in [-0.39, 0.29) is 17.4 Å². The normalized spacial score (nSPS) is 17.4. The summed E-state index contributed by atoms with van der Waals surface area (Å²) in [7, 11) is 0. The number of nitrogens with zero attached hydrogens (tertiary/aromatic N) is 1. The molecule has 5 heteroatoms. The number of rotatable bonds is 6. The van der Waals surface area contributed by atoms with Crippen molar-refractivity contribution in [2.75, 3.05) is 6.54 Å². The maximum absolute atomic E-state index is 14.2. The van der Waals surface area contributed by atoms with Gasteiger partial charge in [-0.25, -0.2) is 0 Å². The van der Waals surface area contributed by atoms with Gasteiger partial charge in [-0.15, -0.1) is 0 Å². The van der Waals surface area contributed by atoms with E-state index in [1.54, 1.807) is 12.1 Å². The predicted octanol–water partition coefficient (Wildman–Crippen LogP) is 5.77. The maximum atomic E-state index is 14.2. The average Bonchev–Trinajstić information content (AvgIpc) is 3.27. The first kappa shape index (κ1) is 23.0. The van der Waals surface area contributed by atoms with Crippen LogP contribution in [-0.4, -0.2) is 23.0 Å². The SMILES string of the molecule is O=C1C(P(Br)(c2ccccc2)(c2ccccc2)c2ccccc2)CCN1Cc1ccc(F)cc1. The predicted molar refractivity (Wildman–Crippen MR) is 144 cm³/mol. The fraction of sp³-hybridized carbons (Fsp3) is 0.138. The molecule has 4 aromatic carbocycles. The van der Waals surface area contributed by atoms with Gasteiger partial charge < -0.3 is 0 Å². The fourth-order valence-corrected chi connectivity index (χ4v) is 14.0. The van der Waals surface area contributed by atoms with Gasteiger partial charge in [0.05, 0.1) is 0 Å². The average molecular weight is 534 g/mol. The fourth-order valence-electron chi connectivity index (χ4n) is 5.29. The summed E-state index contributed by atoms with van der Waals surface area (Å²) in [5.74, 6) is -0.132. The van der Waals surface area contributed by atoms with E-state index in [1.807, 2.05) is 23.1 Å². The standard InChI is InChI=1S/C29H26BrFNOP/c30-34(25-10-4-1-5-11-25,26-12-6-2-7-13-26,27-14-8-3-9-15-27)28-20-21-32(29(28)33)22-23-16-18-24(31)19-17-23/h1-19,28H,20-22H2. The molecule has 1 saturated heterocycles. The Bertz CT molecular complexity index is 1180. The molecule has 0 radical (unpaired) electrons. The molecule has 0 bridgehead atoms. The van der Waals surface area contributed by atoms with E-state index in [0.717, 1.165) is 27.9 Å². The van der Waals surface area contributed by atoms with Gasteiger partial charge in [0.1, 0.15) is 0 Å². The molecule has 0 saturated carbocycles. The van der Waals surface area contributed by atoms with Gasteiger partial charge in [-0.3, -0.25) is 0 Å². The third kappa shape index (κ3) is 3.61. The molecule has 1 aliphatic heterocycles. The number of likely N-dealkylation sites (tertiary alicyclic amines) is 1. The Labute approximate surface area is 208 Å². The second-order valence-electron chi connectivity index (χ2n) is 8.77.